The number of anilines is 2. The summed E-state index contributed by atoms with van der Waals surface area (Å²) >= 11 is 0. The molecular formula is C24H27N7O2. The highest BCUT2D eigenvalue weighted by Crippen LogP contribution is 2.41. The van der Waals surface area contributed by atoms with Crippen LogP contribution in [0.1, 0.15) is 42.7 Å². The number of hydrogen-bond donors (Lipinski definition) is 2. The Labute approximate surface area is 191 Å². The second-order valence-corrected chi connectivity index (χ2v) is 8.60. The van der Waals surface area contributed by atoms with Gasteiger partial charge in [0.05, 0.1) is 30.0 Å². The van der Waals surface area contributed by atoms with E-state index in [1.165, 1.54) is 0 Å². The van der Waals surface area contributed by atoms with Gasteiger partial charge in [-0.1, -0.05) is 5.16 Å². The van der Waals surface area contributed by atoms with E-state index in [-0.39, 0.29) is 6.04 Å². The lowest BCUT2D eigenvalue weighted by Gasteiger charge is -2.14. The Bertz CT molecular complexity index is 1490. The van der Waals surface area contributed by atoms with Gasteiger partial charge in [-0.05, 0) is 53.7 Å². The molecule has 0 bridgehead atoms. The first-order valence-electron chi connectivity index (χ1n) is 10.9. The third-order valence-corrected chi connectivity index (χ3v) is 5.89. The number of nitrogens with one attached hydrogen (secondary N) is 2. The van der Waals surface area contributed by atoms with E-state index >= 15 is 0 Å². The third kappa shape index (κ3) is 3.31. The van der Waals surface area contributed by atoms with Gasteiger partial charge in [-0.2, -0.15) is 5.10 Å². The highest BCUT2D eigenvalue weighted by molar-refractivity contribution is 6.13. The Morgan fingerprint density at radius 1 is 1.12 bits per heavy atom. The summed E-state index contributed by atoms with van der Waals surface area (Å²) < 4.78 is 13.1. The molecule has 0 aliphatic rings. The van der Waals surface area contributed by atoms with Crippen molar-refractivity contribution in [3.8, 4) is 16.9 Å². The van der Waals surface area contributed by atoms with Gasteiger partial charge in [-0.25, -0.2) is 14.6 Å². The molecule has 9 heteroatoms. The number of aromatic nitrogens is 6. The van der Waals surface area contributed by atoms with Crippen LogP contribution in [0.15, 0.2) is 22.9 Å². The number of rotatable bonds is 5. The maximum absolute atomic E-state index is 5.79. The molecule has 2 N–H and O–H groups in total. The van der Waals surface area contributed by atoms with E-state index in [4.69, 9.17) is 14.2 Å². The topological polar surface area (TPSA) is 107 Å². The summed E-state index contributed by atoms with van der Waals surface area (Å²) in [7, 11) is 1.67. The number of nitrogens with zero attached hydrogens (tertiary/aromatic N) is 5. The molecule has 0 radical (unpaired) electrons. The summed E-state index contributed by atoms with van der Waals surface area (Å²) in [5.41, 5.74) is 5.40. The largest absolute Gasteiger partial charge is 0.496 e. The van der Waals surface area contributed by atoms with Crippen LogP contribution in [0.4, 0.5) is 11.6 Å². The highest BCUT2D eigenvalue weighted by Gasteiger charge is 2.21. The van der Waals surface area contributed by atoms with Crippen LogP contribution in [0.3, 0.4) is 0 Å². The SMILES string of the molecule is COc1cc2c(cc1-c1c(C)noc1C)[nH]c1nc(C)nc(Nc3c(C)cnn3C(C)C)c12. The van der Waals surface area contributed by atoms with Crippen molar-refractivity contribution in [1.82, 2.24) is 29.9 Å². The first-order chi connectivity index (χ1) is 15.8. The minimum Gasteiger partial charge on any atom is -0.496 e. The number of H-pyrrole nitrogens is 1. The molecule has 0 spiro atoms. The molecular weight excluding hydrogens is 418 g/mol. The van der Waals surface area contributed by atoms with Crippen molar-refractivity contribution in [2.24, 2.45) is 0 Å². The number of aromatic amines is 1. The molecule has 0 aliphatic carbocycles. The fourth-order valence-corrected chi connectivity index (χ4v) is 4.37. The van der Waals surface area contributed by atoms with Gasteiger partial charge >= 0.3 is 0 Å². The molecule has 4 heterocycles. The van der Waals surface area contributed by atoms with E-state index in [1.54, 1.807) is 7.11 Å². The lowest BCUT2D eigenvalue weighted by molar-refractivity contribution is 0.393. The Kier molecular flexibility index (Phi) is 4.84. The molecule has 0 amide bonds. The molecule has 9 nitrogen and oxygen atoms in total. The van der Waals surface area contributed by atoms with Crippen LogP contribution >= 0.6 is 0 Å². The number of benzene rings is 1. The van der Waals surface area contributed by atoms with Crippen LogP contribution in [0.25, 0.3) is 33.1 Å². The molecule has 0 saturated carbocycles. The molecule has 0 saturated heterocycles. The molecule has 0 unspecified atom stereocenters. The Morgan fingerprint density at radius 3 is 2.58 bits per heavy atom. The minimum atomic E-state index is 0.209. The average Bonchev–Trinajstić information content (AvgIpc) is 3.41. The van der Waals surface area contributed by atoms with Gasteiger partial charge in [0.1, 0.15) is 34.6 Å². The number of ether oxygens (including phenoxy) is 1. The predicted octanol–water partition coefficient (Wildman–Crippen LogP) is 5.53. The molecule has 1 aromatic carbocycles. The zero-order valence-electron chi connectivity index (χ0n) is 19.9. The Balaban J connectivity index is 1.76. The molecule has 170 valence electrons. The monoisotopic (exact) mass is 445 g/mol. The lowest BCUT2D eigenvalue weighted by Crippen LogP contribution is -2.09. The summed E-state index contributed by atoms with van der Waals surface area (Å²) in [6.45, 7) is 12.0. The van der Waals surface area contributed by atoms with E-state index < -0.39 is 0 Å². The molecule has 0 aliphatic heterocycles. The van der Waals surface area contributed by atoms with Crippen LogP contribution in [-0.2, 0) is 0 Å². The van der Waals surface area contributed by atoms with Crippen molar-refractivity contribution in [3.63, 3.8) is 0 Å². The predicted molar refractivity (Wildman–Crippen MR) is 128 cm³/mol. The van der Waals surface area contributed by atoms with E-state index in [2.05, 4.69) is 45.5 Å². The molecule has 33 heavy (non-hydrogen) atoms. The summed E-state index contributed by atoms with van der Waals surface area (Å²) in [4.78, 5) is 12.9. The second kappa shape index (κ2) is 7.61. The quantitative estimate of drug-likeness (QED) is 0.366. The van der Waals surface area contributed by atoms with Crippen LogP contribution in [0.5, 0.6) is 5.75 Å². The third-order valence-electron chi connectivity index (χ3n) is 5.89. The van der Waals surface area contributed by atoms with Crippen molar-refractivity contribution in [2.75, 3.05) is 12.4 Å². The molecule has 0 atom stereocenters. The number of aryl methyl sites for hydroxylation is 4. The summed E-state index contributed by atoms with van der Waals surface area (Å²) in [5.74, 6) is 3.78. The van der Waals surface area contributed by atoms with Gasteiger partial charge in [0, 0.05) is 28.1 Å². The van der Waals surface area contributed by atoms with Gasteiger partial charge in [0.2, 0.25) is 0 Å². The fraction of sp³-hybridized carbons (Fsp3) is 0.333. The smallest absolute Gasteiger partial charge is 0.145 e. The average molecular weight is 446 g/mol. The van der Waals surface area contributed by atoms with E-state index in [0.29, 0.717) is 5.82 Å². The van der Waals surface area contributed by atoms with Gasteiger partial charge in [0.15, 0.2) is 0 Å². The van der Waals surface area contributed by atoms with Crippen molar-refractivity contribution in [2.45, 2.75) is 47.6 Å². The maximum Gasteiger partial charge on any atom is 0.145 e. The van der Waals surface area contributed by atoms with E-state index in [9.17, 15) is 0 Å². The van der Waals surface area contributed by atoms with Gasteiger partial charge < -0.3 is 19.6 Å². The van der Waals surface area contributed by atoms with E-state index in [0.717, 1.165) is 67.5 Å². The van der Waals surface area contributed by atoms with Gasteiger partial charge in [-0.3, -0.25) is 0 Å². The normalized spacial score (nSPS) is 11.8. The fourth-order valence-electron chi connectivity index (χ4n) is 4.37. The second-order valence-electron chi connectivity index (χ2n) is 8.60. The number of fused-ring (bicyclic) bond motifs is 3. The number of hydrogen-bond acceptors (Lipinski definition) is 7. The first-order valence-corrected chi connectivity index (χ1v) is 10.9. The zero-order chi connectivity index (χ0) is 23.4. The minimum absolute atomic E-state index is 0.209. The molecule has 0 fully saturated rings. The van der Waals surface area contributed by atoms with Crippen LogP contribution in [0, 0.1) is 27.7 Å². The van der Waals surface area contributed by atoms with Crippen molar-refractivity contribution < 1.29 is 9.26 Å². The summed E-state index contributed by atoms with van der Waals surface area (Å²) in [6.07, 6.45) is 1.86. The van der Waals surface area contributed by atoms with Crippen molar-refractivity contribution in [1.29, 1.82) is 0 Å². The molecule has 4 aromatic heterocycles. The summed E-state index contributed by atoms with van der Waals surface area (Å²) in [6, 6.07) is 4.29. The van der Waals surface area contributed by atoms with Gasteiger partial charge in [-0.15, -0.1) is 0 Å². The maximum atomic E-state index is 5.79. The molecule has 5 aromatic rings. The van der Waals surface area contributed by atoms with Crippen molar-refractivity contribution in [3.05, 3.63) is 41.2 Å². The van der Waals surface area contributed by atoms with E-state index in [1.807, 2.05) is 44.6 Å². The number of methoxy groups -OCH3 is 1. The highest BCUT2D eigenvalue weighted by atomic mass is 16.5. The lowest BCUT2D eigenvalue weighted by atomic mass is 10.0. The first kappa shape index (κ1) is 21.0. The molecule has 5 rings (SSSR count). The Hall–Kier alpha value is -3.88. The van der Waals surface area contributed by atoms with Gasteiger partial charge in [0.25, 0.3) is 0 Å². The van der Waals surface area contributed by atoms with Crippen molar-refractivity contribution >= 4 is 33.6 Å². The van der Waals surface area contributed by atoms with Crippen LogP contribution in [-0.4, -0.2) is 37.0 Å². The van der Waals surface area contributed by atoms with Crippen LogP contribution < -0.4 is 10.1 Å². The Morgan fingerprint density at radius 2 is 1.91 bits per heavy atom. The standard InChI is InChI=1S/C24H27N7O2/c1-11(2)31-24(12(3)10-25-31)29-23-21-16-9-19(32-7)17(20-13(4)30-33-14(20)5)8-18(16)28-22(21)26-15(6)27-23/h8-11H,1-7H3,(H2,26,27,28,29). The zero-order valence-corrected chi connectivity index (χ0v) is 19.9. The summed E-state index contributed by atoms with van der Waals surface area (Å²) in [5, 5.41) is 14.0. The van der Waals surface area contributed by atoms with Crippen LogP contribution in [0.2, 0.25) is 0 Å².